The number of alkyl halides is 3. The lowest BCUT2D eigenvalue weighted by Crippen LogP contribution is -2.24. The van der Waals surface area contributed by atoms with Crippen LogP contribution in [0.4, 0.5) is 13.2 Å². The van der Waals surface area contributed by atoms with Gasteiger partial charge in [-0.2, -0.15) is 13.2 Å². The summed E-state index contributed by atoms with van der Waals surface area (Å²) in [6, 6.07) is -0.227. The van der Waals surface area contributed by atoms with Crippen molar-refractivity contribution in [2.45, 2.75) is 32.5 Å². The normalized spacial score (nSPS) is 13.8. The zero-order valence-electron chi connectivity index (χ0n) is 10.4. The molecule has 0 aliphatic heterocycles. The number of thiazole rings is 1. The first-order chi connectivity index (χ1) is 8.49. The molecule has 3 nitrogen and oxygen atoms in total. The van der Waals surface area contributed by atoms with Gasteiger partial charge in [0.25, 0.3) is 0 Å². The number of nitrogens with zero attached hydrogens (tertiary/aromatic N) is 1. The molecule has 0 fully saturated rings. The van der Waals surface area contributed by atoms with Gasteiger partial charge in [-0.1, -0.05) is 13.8 Å². The number of rotatable bonds is 7. The third-order valence-electron chi connectivity index (χ3n) is 2.19. The lowest BCUT2D eigenvalue weighted by Gasteiger charge is -2.15. The molecule has 1 atom stereocenters. The number of hydrogen-bond acceptors (Lipinski definition) is 4. The highest BCUT2D eigenvalue weighted by Crippen LogP contribution is 2.34. The second kappa shape index (κ2) is 7.06. The average molecular weight is 282 g/mol. The molecule has 0 saturated carbocycles. The lowest BCUT2D eigenvalue weighted by molar-refractivity contribution is -0.137. The van der Waals surface area contributed by atoms with E-state index in [1.165, 1.54) is 6.20 Å². The summed E-state index contributed by atoms with van der Waals surface area (Å²) < 4.78 is 42.7. The molecule has 1 N–H and O–H groups in total. The zero-order chi connectivity index (χ0) is 13.6. The number of ether oxygens (including phenoxy) is 1. The third-order valence-corrected chi connectivity index (χ3v) is 3.35. The second-order valence-electron chi connectivity index (χ2n) is 3.75. The molecule has 0 spiro atoms. The standard InChI is InChI=1S/C11H17F3N2OS/c1-3-5-17-7-8(15-4-2)9-6-16-10(18-9)11(12,13)14/h6,8,15H,3-5,7H2,1-2H3. The van der Waals surface area contributed by atoms with Crippen molar-refractivity contribution in [3.05, 3.63) is 16.1 Å². The van der Waals surface area contributed by atoms with Crippen LogP contribution in [-0.4, -0.2) is 24.7 Å². The molecule has 1 rings (SSSR count). The quantitative estimate of drug-likeness (QED) is 0.780. The molecule has 0 radical (unpaired) electrons. The largest absolute Gasteiger partial charge is 0.443 e. The Kier molecular flexibility index (Phi) is 6.04. The first kappa shape index (κ1) is 15.4. The molecule has 104 valence electrons. The minimum absolute atomic E-state index is 0.227. The Hall–Kier alpha value is -0.660. The van der Waals surface area contributed by atoms with Crippen molar-refractivity contribution < 1.29 is 17.9 Å². The number of hydrogen-bond donors (Lipinski definition) is 1. The summed E-state index contributed by atoms with van der Waals surface area (Å²) in [6.07, 6.45) is -2.21. The van der Waals surface area contributed by atoms with Gasteiger partial charge >= 0.3 is 6.18 Å². The Bertz CT molecular complexity index is 354. The third kappa shape index (κ3) is 4.55. The van der Waals surface area contributed by atoms with Crippen molar-refractivity contribution in [1.82, 2.24) is 10.3 Å². The molecule has 0 amide bonds. The van der Waals surface area contributed by atoms with Crippen molar-refractivity contribution in [3.8, 4) is 0 Å². The van der Waals surface area contributed by atoms with E-state index in [1.807, 2.05) is 13.8 Å². The maximum absolute atomic E-state index is 12.5. The van der Waals surface area contributed by atoms with E-state index in [1.54, 1.807) is 0 Å². The van der Waals surface area contributed by atoms with Gasteiger partial charge in [-0.05, 0) is 13.0 Å². The molecule has 1 aromatic heterocycles. The predicted octanol–water partition coefficient (Wildman–Crippen LogP) is 3.24. The van der Waals surface area contributed by atoms with Crippen LogP contribution in [0.2, 0.25) is 0 Å². The molecule has 1 aromatic rings. The van der Waals surface area contributed by atoms with Crippen LogP contribution < -0.4 is 5.32 Å². The van der Waals surface area contributed by atoms with Gasteiger partial charge in [-0.25, -0.2) is 4.98 Å². The predicted molar refractivity (Wildman–Crippen MR) is 64.6 cm³/mol. The Morgan fingerprint density at radius 2 is 2.17 bits per heavy atom. The van der Waals surface area contributed by atoms with E-state index in [0.29, 0.717) is 36.0 Å². The van der Waals surface area contributed by atoms with E-state index in [-0.39, 0.29) is 6.04 Å². The van der Waals surface area contributed by atoms with Gasteiger partial charge in [0.1, 0.15) is 0 Å². The van der Waals surface area contributed by atoms with Crippen molar-refractivity contribution in [2.75, 3.05) is 19.8 Å². The van der Waals surface area contributed by atoms with Gasteiger partial charge in [-0.15, -0.1) is 11.3 Å². The van der Waals surface area contributed by atoms with Gasteiger partial charge in [0, 0.05) is 17.7 Å². The lowest BCUT2D eigenvalue weighted by atomic mass is 10.3. The fourth-order valence-corrected chi connectivity index (χ4v) is 2.26. The summed E-state index contributed by atoms with van der Waals surface area (Å²) in [4.78, 5) is 3.97. The highest BCUT2D eigenvalue weighted by Gasteiger charge is 2.35. The zero-order valence-corrected chi connectivity index (χ0v) is 11.2. The van der Waals surface area contributed by atoms with E-state index in [9.17, 15) is 13.2 Å². The van der Waals surface area contributed by atoms with Crippen LogP contribution in [0.25, 0.3) is 0 Å². The van der Waals surface area contributed by atoms with Gasteiger partial charge in [0.15, 0.2) is 5.01 Å². The summed E-state index contributed by atoms with van der Waals surface area (Å²) in [6.45, 7) is 5.52. The maximum atomic E-state index is 12.5. The summed E-state index contributed by atoms with van der Waals surface area (Å²) >= 11 is 0.667. The number of likely N-dealkylation sites (N-methyl/N-ethyl adjacent to an activating group) is 1. The van der Waals surface area contributed by atoms with Crippen LogP contribution in [0.1, 0.15) is 36.2 Å². The Labute approximate surface area is 108 Å². The molecule has 0 bridgehead atoms. The molecule has 18 heavy (non-hydrogen) atoms. The van der Waals surface area contributed by atoms with E-state index >= 15 is 0 Å². The van der Waals surface area contributed by atoms with Crippen LogP contribution in [0.15, 0.2) is 6.20 Å². The molecule has 0 aliphatic rings. The van der Waals surface area contributed by atoms with Crippen LogP contribution in [-0.2, 0) is 10.9 Å². The minimum atomic E-state index is -4.37. The van der Waals surface area contributed by atoms with Gasteiger partial charge in [-0.3, -0.25) is 0 Å². The van der Waals surface area contributed by atoms with E-state index in [0.717, 1.165) is 6.42 Å². The van der Waals surface area contributed by atoms with Crippen molar-refractivity contribution in [3.63, 3.8) is 0 Å². The molecule has 1 heterocycles. The first-order valence-corrected chi connectivity index (χ1v) is 6.64. The van der Waals surface area contributed by atoms with E-state index < -0.39 is 11.2 Å². The van der Waals surface area contributed by atoms with E-state index in [2.05, 4.69) is 10.3 Å². The fourth-order valence-electron chi connectivity index (χ4n) is 1.41. The summed E-state index contributed by atoms with van der Waals surface area (Å²) in [5, 5.41) is 2.29. The van der Waals surface area contributed by atoms with Crippen LogP contribution in [0, 0.1) is 0 Å². The summed E-state index contributed by atoms with van der Waals surface area (Å²) in [7, 11) is 0. The summed E-state index contributed by atoms with van der Waals surface area (Å²) in [5.74, 6) is 0. The fraction of sp³-hybridized carbons (Fsp3) is 0.727. The van der Waals surface area contributed by atoms with Crippen LogP contribution >= 0.6 is 11.3 Å². The maximum Gasteiger partial charge on any atom is 0.443 e. The van der Waals surface area contributed by atoms with Crippen LogP contribution in [0.3, 0.4) is 0 Å². The molecular formula is C11H17F3N2OS. The van der Waals surface area contributed by atoms with E-state index in [4.69, 9.17) is 4.74 Å². The Morgan fingerprint density at radius 3 is 2.67 bits per heavy atom. The van der Waals surface area contributed by atoms with Crippen molar-refractivity contribution >= 4 is 11.3 Å². The number of aromatic nitrogens is 1. The van der Waals surface area contributed by atoms with Crippen molar-refractivity contribution in [1.29, 1.82) is 0 Å². The molecular weight excluding hydrogens is 265 g/mol. The first-order valence-electron chi connectivity index (χ1n) is 5.83. The molecule has 0 aliphatic carbocycles. The average Bonchev–Trinajstić information content (AvgIpc) is 2.77. The Morgan fingerprint density at radius 1 is 1.44 bits per heavy atom. The van der Waals surface area contributed by atoms with Crippen molar-refractivity contribution in [2.24, 2.45) is 0 Å². The van der Waals surface area contributed by atoms with Gasteiger partial charge in [0.2, 0.25) is 0 Å². The monoisotopic (exact) mass is 282 g/mol. The highest BCUT2D eigenvalue weighted by molar-refractivity contribution is 7.11. The number of nitrogens with one attached hydrogen (secondary N) is 1. The number of halogens is 3. The van der Waals surface area contributed by atoms with Gasteiger partial charge in [0.05, 0.1) is 12.6 Å². The molecule has 0 saturated heterocycles. The molecule has 1 unspecified atom stereocenters. The second-order valence-corrected chi connectivity index (χ2v) is 4.81. The van der Waals surface area contributed by atoms with Gasteiger partial charge < -0.3 is 10.1 Å². The smallest absolute Gasteiger partial charge is 0.379 e. The molecule has 7 heteroatoms. The molecule has 0 aromatic carbocycles. The summed E-state index contributed by atoms with van der Waals surface area (Å²) in [5.41, 5.74) is 0. The minimum Gasteiger partial charge on any atom is -0.379 e. The SMILES string of the molecule is CCCOCC(NCC)c1cnc(C(F)(F)F)s1. The van der Waals surface area contributed by atoms with Crippen LogP contribution in [0.5, 0.6) is 0 Å². The topological polar surface area (TPSA) is 34.1 Å². The highest BCUT2D eigenvalue weighted by atomic mass is 32.1. The Balaban J connectivity index is 2.70.